The average Bonchev–Trinajstić information content (AvgIpc) is 2.25. The molecule has 0 unspecified atom stereocenters. The molecule has 2 rings (SSSR count). The van der Waals surface area contributed by atoms with Crippen molar-refractivity contribution in [3.63, 3.8) is 0 Å². The molecule has 5 heteroatoms. The van der Waals surface area contributed by atoms with Gasteiger partial charge < -0.3 is 5.11 Å². The van der Waals surface area contributed by atoms with Crippen molar-refractivity contribution in [2.75, 3.05) is 12.5 Å². The van der Waals surface area contributed by atoms with E-state index in [1.54, 1.807) is 12.1 Å². The third kappa shape index (κ3) is 2.26. The second kappa shape index (κ2) is 4.53. The Labute approximate surface area is 95.2 Å². The number of sulfone groups is 1. The van der Waals surface area contributed by atoms with E-state index in [9.17, 15) is 8.42 Å². The fraction of sp³-hybridized carbons (Fsp3) is 0.455. The minimum atomic E-state index is -3.05. The van der Waals surface area contributed by atoms with Crippen LogP contribution in [0.5, 0.6) is 0 Å². The highest BCUT2D eigenvalue weighted by molar-refractivity contribution is 7.91. The van der Waals surface area contributed by atoms with E-state index in [4.69, 9.17) is 5.11 Å². The zero-order valence-electron chi connectivity index (χ0n) is 8.94. The number of fused-ring (bicyclic) bond motifs is 1. The smallest absolute Gasteiger partial charge is 0.178 e. The maximum atomic E-state index is 11.7. The molecule has 0 saturated carbocycles. The molecule has 0 bridgehead atoms. The van der Waals surface area contributed by atoms with Crippen LogP contribution < -0.4 is 5.32 Å². The van der Waals surface area contributed by atoms with Crippen molar-refractivity contribution < 1.29 is 13.5 Å². The fourth-order valence-corrected chi connectivity index (χ4v) is 3.58. The summed E-state index contributed by atoms with van der Waals surface area (Å²) in [6, 6.07) is 5.39. The number of rotatable bonds is 3. The average molecular weight is 241 g/mol. The highest BCUT2D eigenvalue weighted by Crippen LogP contribution is 2.25. The van der Waals surface area contributed by atoms with E-state index in [1.165, 1.54) is 0 Å². The van der Waals surface area contributed by atoms with Gasteiger partial charge in [-0.3, -0.25) is 5.32 Å². The Bertz CT molecular complexity index is 482. The molecule has 2 N–H and O–H groups in total. The maximum absolute atomic E-state index is 11.7. The second-order valence-electron chi connectivity index (χ2n) is 3.95. The Kier molecular flexibility index (Phi) is 3.28. The van der Waals surface area contributed by atoms with Crippen LogP contribution in [0, 0.1) is 0 Å². The Balaban J connectivity index is 2.32. The van der Waals surface area contributed by atoms with Crippen LogP contribution in [0.1, 0.15) is 17.5 Å². The van der Waals surface area contributed by atoms with Gasteiger partial charge in [-0.2, -0.15) is 0 Å². The number of aryl methyl sites for hydroxylation is 1. The summed E-state index contributed by atoms with van der Waals surface area (Å²) in [6.07, 6.45) is 1.52. The first-order chi connectivity index (χ1) is 7.63. The van der Waals surface area contributed by atoms with Crippen LogP contribution in [-0.2, 0) is 22.8 Å². The topological polar surface area (TPSA) is 66.4 Å². The number of aliphatic hydroxyl groups is 1. The van der Waals surface area contributed by atoms with Gasteiger partial charge in [0.05, 0.1) is 17.4 Å². The largest absolute Gasteiger partial charge is 0.381 e. The minimum absolute atomic E-state index is 0.0740. The van der Waals surface area contributed by atoms with Crippen molar-refractivity contribution >= 4 is 9.84 Å². The molecule has 0 saturated heterocycles. The molecular formula is C11H15NO3S. The predicted octanol–water partition coefficient (Wildman–Crippen LogP) is 0.446. The van der Waals surface area contributed by atoms with E-state index in [0.29, 0.717) is 17.9 Å². The molecule has 0 fully saturated rings. The van der Waals surface area contributed by atoms with Crippen LogP contribution in [0.25, 0.3) is 0 Å². The van der Waals surface area contributed by atoms with E-state index < -0.39 is 9.84 Å². The monoisotopic (exact) mass is 241 g/mol. The lowest BCUT2D eigenvalue weighted by Gasteiger charge is -2.17. The van der Waals surface area contributed by atoms with Crippen LogP contribution >= 0.6 is 0 Å². The van der Waals surface area contributed by atoms with E-state index in [-0.39, 0.29) is 12.5 Å². The number of nitrogens with one attached hydrogen (secondary N) is 1. The molecule has 0 amide bonds. The van der Waals surface area contributed by atoms with E-state index in [0.717, 1.165) is 17.5 Å². The van der Waals surface area contributed by atoms with Crippen molar-refractivity contribution in [1.29, 1.82) is 0 Å². The van der Waals surface area contributed by atoms with Crippen LogP contribution in [0.15, 0.2) is 23.1 Å². The van der Waals surface area contributed by atoms with Crippen molar-refractivity contribution in [3.8, 4) is 0 Å². The van der Waals surface area contributed by atoms with Gasteiger partial charge >= 0.3 is 0 Å². The number of hydrogen-bond acceptors (Lipinski definition) is 4. The molecule has 0 aliphatic carbocycles. The molecule has 1 aliphatic heterocycles. The summed E-state index contributed by atoms with van der Waals surface area (Å²) in [7, 11) is -3.05. The molecule has 1 aromatic rings. The number of hydrogen-bond donors (Lipinski definition) is 2. The zero-order chi connectivity index (χ0) is 11.6. The normalized spacial score (nSPS) is 18.1. The van der Waals surface area contributed by atoms with Gasteiger partial charge in [0.1, 0.15) is 0 Å². The van der Waals surface area contributed by atoms with Gasteiger partial charge in [0.25, 0.3) is 0 Å². The summed E-state index contributed by atoms with van der Waals surface area (Å²) < 4.78 is 23.5. The lowest BCUT2D eigenvalue weighted by atomic mass is 10.1. The summed E-state index contributed by atoms with van der Waals surface area (Å²) in [5.74, 6) is 0.258. The van der Waals surface area contributed by atoms with Crippen LogP contribution in [0.4, 0.5) is 0 Å². The highest BCUT2D eigenvalue weighted by atomic mass is 32.2. The Morgan fingerprint density at radius 1 is 1.38 bits per heavy atom. The summed E-state index contributed by atoms with van der Waals surface area (Å²) in [5, 5.41) is 11.4. The second-order valence-corrected chi connectivity index (χ2v) is 6.03. The first-order valence-corrected chi connectivity index (χ1v) is 6.95. The lowest BCUT2D eigenvalue weighted by molar-refractivity contribution is 0.259. The third-order valence-electron chi connectivity index (χ3n) is 2.76. The van der Waals surface area contributed by atoms with Gasteiger partial charge in [0.15, 0.2) is 9.84 Å². The quantitative estimate of drug-likeness (QED) is 0.754. The molecule has 88 valence electrons. The first kappa shape index (κ1) is 11.6. The van der Waals surface area contributed by atoms with Crippen molar-refractivity contribution in [1.82, 2.24) is 5.32 Å². The molecule has 1 aromatic carbocycles. The first-order valence-electron chi connectivity index (χ1n) is 5.29. The van der Waals surface area contributed by atoms with Crippen LogP contribution in [0.3, 0.4) is 0 Å². The van der Waals surface area contributed by atoms with E-state index in [2.05, 4.69) is 5.32 Å². The van der Waals surface area contributed by atoms with Crippen molar-refractivity contribution in [3.05, 3.63) is 29.3 Å². The maximum Gasteiger partial charge on any atom is 0.178 e. The summed E-state index contributed by atoms with van der Waals surface area (Å²) in [4.78, 5) is 0.478. The highest BCUT2D eigenvalue weighted by Gasteiger charge is 2.23. The molecule has 1 heterocycles. The standard InChI is InChI=1S/C11H15NO3S/c13-8-12-7-9-3-4-11-10(6-9)2-1-5-16(11,14)15/h3-4,6,12-13H,1-2,5,7-8H2. The predicted molar refractivity (Wildman–Crippen MR) is 60.7 cm³/mol. The van der Waals surface area contributed by atoms with Gasteiger partial charge in [-0.25, -0.2) is 8.42 Å². The molecule has 1 aliphatic rings. The Hall–Kier alpha value is -0.910. The SMILES string of the molecule is O=S1(=O)CCCc2cc(CNCO)ccc21. The molecule has 4 nitrogen and oxygen atoms in total. The van der Waals surface area contributed by atoms with Gasteiger partial charge in [0.2, 0.25) is 0 Å². The third-order valence-corrected chi connectivity index (χ3v) is 4.65. The molecule has 0 radical (unpaired) electrons. The van der Waals surface area contributed by atoms with Crippen LogP contribution in [-0.4, -0.2) is 26.0 Å². The molecule has 0 aromatic heterocycles. The minimum Gasteiger partial charge on any atom is -0.381 e. The van der Waals surface area contributed by atoms with Gasteiger partial charge in [-0.1, -0.05) is 12.1 Å². The van der Waals surface area contributed by atoms with E-state index >= 15 is 0 Å². The van der Waals surface area contributed by atoms with Gasteiger partial charge in [-0.15, -0.1) is 0 Å². The fourth-order valence-electron chi connectivity index (χ4n) is 2.00. The zero-order valence-corrected chi connectivity index (χ0v) is 9.76. The van der Waals surface area contributed by atoms with Gasteiger partial charge in [0, 0.05) is 6.54 Å². The number of benzene rings is 1. The summed E-state index contributed by atoms with van der Waals surface area (Å²) >= 11 is 0. The molecular weight excluding hydrogens is 226 g/mol. The molecule has 0 spiro atoms. The number of aliphatic hydroxyl groups excluding tert-OH is 1. The summed E-state index contributed by atoms with van der Waals surface area (Å²) in [5.41, 5.74) is 1.91. The Morgan fingerprint density at radius 2 is 2.19 bits per heavy atom. The molecule has 0 atom stereocenters. The van der Waals surface area contributed by atoms with Crippen molar-refractivity contribution in [2.24, 2.45) is 0 Å². The Morgan fingerprint density at radius 3 is 2.94 bits per heavy atom. The van der Waals surface area contributed by atoms with Crippen molar-refractivity contribution in [2.45, 2.75) is 24.3 Å². The van der Waals surface area contributed by atoms with E-state index in [1.807, 2.05) is 6.07 Å². The van der Waals surface area contributed by atoms with Gasteiger partial charge in [-0.05, 0) is 30.0 Å². The van der Waals surface area contributed by atoms with Crippen LogP contribution in [0.2, 0.25) is 0 Å². The molecule has 16 heavy (non-hydrogen) atoms. The lowest BCUT2D eigenvalue weighted by Crippen LogP contribution is -2.18. The summed E-state index contributed by atoms with van der Waals surface area (Å²) in [6.45, 7) is 0.485.